The number of carbonyl (C=O) groups is 1. The van der Waals surface area contributed by atoms with E-state index >= 15 is 0 Å². The number of amides is 1. The molecule has 3 rings (SSSR count). The van der Waals surface area contributed by atoms with Gasteiger partial charge in [0.25, 0.3) is 0 Å². The van der Waals surface area contributed by atoms with Crippen LogP contribution in [-0.4, -0.2) is 83.9 Å². The number of hydrogen-bond acceptors (Lipinski definition) is 6. The van der Waals surface area contributed by atoms with E-state index in [0.717, 1.165) is 42.6 Å². The molecule has 0 aromatic heterocycles. The number of likely N-dealkylation sites (N-methyl/N-ethyl adjacent to an activating group) is 1. The van der Waals surface area contributed by atoms with Crippen molar-refractivity contribution in [3.63, 3.8) is 0 Å². The van der Waals surface area contributed by atoms with Crippen LogP contribution in [0.2, 0.25) is 0 Å². The minimum absolute atomic E-state index is 0.0189. The van der Waals surface area contributed by atoms with E-state index in [1.54, 1.807) is 19.2 Å². The maximum atomic E-state index is 12.8. The van der Waals surface area contributed by atoms with Crippen LogP contribution in [0.3, 0.4) is 0 Å². The van der Waals surface area contributed by atoms with Gasteiger partial charge in [-0.05, 0) is 50.2 Å². The monoisotopic (exact) mass is 488 g/mol. The van der Waals surface area contributed by atoms with E-state index in [9.17, 15) is 13.2 Å². The first-order valence-corrected chi connectivity index (χ1v) is 13.5. The Labute approximate surface area is 203 Å². The Balaban J connectivity index is 1.77. The number of ether oxygens (including phenoxy) is 1. The molecule has 1 atom stereocenters. The van der Waals surface area contributed by atoms with Gasteiger partial charge in [0, 0.05) is 25.8 Å². The van der Waals surface area contributed by atoms with Gasteiger partial charge in [0.2, 0.25) is 15.9 Å². The second-order valence-corrected chi connectivity index (χ2v) is 10.6. The molecule has 8 nitrogen and oxygen atoms in total. The smallest absolute Gasteiger partial charge is 0.234 e. The molecule has 2 N–H and O–H groups in total. The van der Waals surface area contributed by atoms with E-state index in [1.807, 2.05) is 48.3 Å². The second-order valence-electron chi connectivity index (χ2n) is 8.90. The van der Waals surface area contributed by atoms with Crippen molar-refractivity contribution >= 4 is 21.6 Å². The van der Waals surface area contributed by atoms with Gasteiger partial charge in [-0.1, -0.05) is 42.5 Å². The van der Waals surface area contributed by atoms with E-state index in [2.05, 4.69) is 14.9 Å². The normalized spacial score (nSPS) is 15.4. The third-order valence-corrected chi connectivity index (χ3v) is 6.50. The van der Waals surface area contributed by atoms with Gasteiger partial charge in [0.05, 0.1) is 31.1 Å². The van der Waals surface area contributed by atoms with Crippen molar-refractivity contribution in [2.24, 2.45) is 0 Å². The van der Waals surface area contributed by atoms with Gasteiger partial charge in [-0.25, -0.2) is 8.42 Å². The number of hydrogen-bond donors (Lipinski definition) is 2. The summed E-state index contributed by atoms with van der Waals surface area (Å²) in [4.78, 5) is 17.1. The summed E-state index contributed by atoms with van der Waals surface area (Å²) in [5, 5.41) is 3.21. The van der Waals surface area contributed by atoms with Crippen LogP contribution in [0.1, 0.15) is 24.4 Å². The highest BCUT2D eigenvalue weighted by Gasteiger charge is 2.21. The molecule has 186 valence electrons. The molecule has 0 radical (unpaired) electrons. The summed E-state index contributed by atoms with van der Waals surface area (Å²) in [6, 6.07) is 15.2. The Morgan fingerprint density at radius 1 is 1.12 bits per heavy atom. The van der Waals surface area contributed by atoms with Crippen molar-refractivity contribution in [1.29, 1.82) is 0 Å². The Bertz CT molecular complexity index is 1040. The average molecular weight is 489 g/mol. The van der Waals surface area contributed by atoms with E-state index in [0.29, 0.717) is 25.4 Å². The first kappa shape index (κ1) is 26.2. The molecule has 1 unspecified atom stereocenters. The molecule has 1 saturated heterocycles. The molecule has 1 aliphatic rings. The third kappa shape index (κ3) is 8.09. The summed E-state index contributed by atoms with van der Waals surface area (Å²) < 4.78 is 31.2. The number of methoxy groups -OCH3 is 1. The Kier molecular flexibility index (Phi) is 9.46. The summed E-state index contributed by atoms with van der Waals surface area (Å²) in [5.41, 5.74) is 3.27. The second kappa shape index (κ2) is 12.3. The van der Waals surface area contributed by atoms with Crippen molar-refractivity contribution < 1.29 is 17.9 Å². The lowest BCUT2D eigenvalue weighted by Gasteiger charge is -2.26. The number of benzene rings is 2. The molecule has 1 aliphatic heterocycles. The minimum atomic E-state index is -3.39. The molecule has 2 aromatic carbocycles. The molecule has 0 saturated carbocycles. The largest absolute Gasteiger partial charge is 0.383 e. The van der Waals surface area contributed by atoms with E-state index < -0.39 is 10.0 Å². The van der Waals surface area contributed by atoms with Crippen LogP contribution in [0.4, 0.5) is 5.69 Å². The number of nitrogens with zero attached hydrogens (tertiary/aromatic N) is 2. The van der Waals surface area contributed by atoms with Crippen LogP contribution in [0.15, 0.2) is 48.5 Å². The number of carbonyl (C=O) groups excluding carboxylic acids is 1. The fraction of sp³-hybridized carbons (Fsp3) is 0.480. The topological polar surface area (TPSA) is 91.0 Å². The molecule has 1 amide bonds. The van der Waals surface area contributed by atoms with Crippen LogP contribution < -0.4 is 10.0 Å². The lowest BCUT2D eigenvalue weighted by molar-refractivity contribution is -0.123. The van der Waals surface area contributed by atoms with Crippen LogP contribution >= 0.6 is 0 Å². The van der Waals surface area contributed by atoms with Gasteiger partial charge < -0.3 is 15.0 Å². The van der Waals surface area contributed by atoms with Gasteiger partial charge >= 0.3 is 0 Å². The summed E-state index contributed by atoms with van der Waals surface area (Å²) in [6.45, 7) is 4.43. The number of nitrogens with one attached hydrogen (secondary N) is 2. The van der Waals surface area contributed by atoms with Crippen LogP contribution in [-0.2, 0) is 19.6 Å². The van der Waals surface area contributed by atoms with E-state index in [4.69, 9.17) is 4.74 Å². The number of sulfonamides is 1. The molecule has 9 heteroatoms. The zero-order valence-electron chi connectivity index (χ0n) is 20.3. The number of anilines is 1. The predicted octanol–water partition coefficient (Wildman–Crippen LogP) is 2.56. The predicted molar refractivity (Wildman–Crippen MR) is 136 cm³/mol. The maximum Gasteiger partial charge on any atom is 0.234 e. The minimum Gasteiger partial charge on any atom is -0.383 e. The van der Waals surface area contributed by atoms with Gasteiger partial charge in [0.15, 0.2) is 0 Å². The lowest BCUT2D eigenvalue weighted by atomic mass is 9.99. The van der Waals surface area contributed by atoms with Gasteiger partial charge in [-0.2, -0.15) is 0 Å². The molecule has 2 aromatic rings. The van der Waals surface area contributed by atoms with Crippen LogP contribution in [0.5, 0.6) is 0 Å². The fourth-order valence-electron chi connectivity index (χ4n) is 4.19. The van der Waals surface area contributed by atoms with Crippen molar-refractivity contribution in [3.05, 3.63) is 54.1 Å². The Morgan fingerprint density at radius 2 is 1.79 bits per heavy atom. The number of rotatable bonds is 12. The highest BCUT2D eigenvalue weighted by Crippen LogP contribution is 2.30. The maximum absolute atomic E-state index is 12.8. The van der Waals surface area contributed by atoms with E-state index in [1.165, 1.54) is 12.8 Å². The van der Waals surface area contributed by atoms with Gasteiger partial charge in [0.1, 0.15) is 0 Å². The van der Waals surface area contributed by atoms with Crippen LogP contribution in [0, 0.1) is 0 Å². The van der Waals surface area contributed by atoms with Crippen molar-refractivity contribution in [1.82, 2.24) is 15.1 Å². The molecular formula is C25H36N4O4S. The summed E-state index contributed by atoms with van der Waals surface area (Å²) in [6.07, 6.45) is 3.51. The summed E-state index contributed by atoms with van der Waals surface area (Å²) in [5.74, 6) is -0.0189. The Hall–Kier alpha value is -2.46. The van der Waals surface area contributed by atoms with E-state index in [-0.39, 0.29) is 11.9 Å². The SMILES string of the molecule is COCCN(C)CC(=O)NC(CN1CCCC1)c1ccc(-c2ccccc2NS(C)(=O)=O)cc1. The van der Waals surface area contributed by atoms with Crippen molar-refractivity contribution in [2.45, 2.75) is 18.9 Å². The highest BCUT2D eigenvalue weighted by molar-refractivity contribution is 7.92. The first-order chi connectivity index (χ1) is 16.2. The van der Waals surface area contributed by atoms with Crippen molar-refractivity contribution in [3.8, 4) is 11.1 Å². The molecule has 0 spiro atoms. The number of para-hydroxylation sites is 1. The highest BCUT2D eigenvalue weighted by atomic mass is 32.2. The lowest BCUT2D eigenvalue weighted by Crippen LogP contribution is -2.42. The third-order valence-electron chi connectivity index (χ3n) is 5.91. The van der Waals surface area contributed by atoms with Gasteiger partial charge in [-0.3, -0.25) is 14.4 Å². The molecule has 34 heavy (non-hydrogen) atoms. The molecular weight excluding hydrogens is 452 g/mol. The van der Waals surface area contributed by atoms with Gasteiger partial charge in [-0.15, -0.1) is 0 Å². The molecule has 1 fully saturated rings. The molecule has 0 bridgehead atoms. The molecule has 1 heterocycles. The standard InChI is InChI=1S/C25H36N4O4S/c1-28(16-17-33-2)19-25(30)26-24(18-29-14-6-7-15-29)21-12-10-20(11-13-21)22-8-4-5-9-23(22)27-34(3,31)32/h4-5,8-13,24,27H,6-7,14-19H2,1-3H3,(H,26,30). The quantitative estimate of drug-likeness (QED) is 0.477. The average Bonchev–Trinajstić information content (AvgIpc) is 3.30. The number of likely N-dealkylation sites (tertiary alicyclic amines) is 1. The van der Waals surface area contributed by atoms with Crippen LogP contribution in [0.25, 0.3) is 11.1 Å². The first-order valence-electron chi connectivity index (χ1n) is 11.6. The Morgan fingerprint density at radius 3 is 2.44 bits per heavy atom. The summed E-state index contributed by atoms with van der Waals surface area (Å²) in [7, 11) is 0.173. The zero-order chi connectivity index (χ0) is 24.6. The molecule has 0 aliphatic carbocycles. The summed E-state index contributed by atoms with van der Waals surface area (Å²) >= 11 is 0. The fourth-order valence-corrected chi connectivity index (χ4v) is 4.77. The van der Waals surface area contributed by atoms with Crippen molar-refractivity contribution in [2.75, 3.05) is 64.5 Å². The zero-order valence-corrected chi connectivity index (χ0v) is 21.1.